The molecule has 0 amide bonds. The van der Waals surface area contributed by atoms with E-state index in [9.17, 15) is 0 Å². The van der Waals surface area contributed by atoms with Gasteiger partial charge in [0.25, 0.3) is 0 Å². The zero-order chi connectivity index (χ0) is 47.1. The minimum absolute atomic E-state index is 0.954. The Balaban J connectivity index is 1.36. The number of nitrogens with zero attached hydrogens (tertiary/aromatic N) is 4. The molecule has 67 heavy (non-hydrogen) atoms. The zero-order valence-electron chi connectivity index (χ0n) is 41.5. The first-order valence-electron chi connectivity index (χ1n) is 26.5. The Morgan fingerprint density at radius 1 is 0.358 bits per heavy atom. The fraction of sp³-hybridized carbons (Fsp3) is 0.552. The van der Waals surface area contributed by atoms with Gasteiger partial charge >= 0.3 is 0 Å². The SMILES string of the molecule is CCCCCCCCN(CCCCCCCC)c1ccc(-c2nc3c(-c4ccc(Br)s4)sc(-c4ccc(Br)s4)c3nc2-c2ccc(N(CCCCCCCC)CCCCCCCC)cc2)cc1. The smallest absolute Gasteiger partial charge is 0.110 e. The van der Waals surface area contributed by atoms with Gasteiger partial charge in [0.15, 0.2) is 0 Å². The number of rotatable bonds is 34. The number of anilines is 2. The third-order valence-corrected chi connectivity index (χ3v) is 18.0. The van der Waals surface area contributed by atoms with Crippen LogP contribution in [-0.4, -0.2) is 36.1 Å². The number of fused-ring (bicyclic) bond motifs is 1. The Labute approximate surface area is 435 Å². The average Bonchev–Trinajstić information content (AvgIpc) is 4.09. The standard InChI is InChI=1S/C58H80Br2N4S3/c1-5-9-13-17-21-25-41-63(42-26-22-18-14-10-6-2)47-33-29-45(30-34-47)53-54(62-56-55(61-53)57(49-37-39-51(59)65-49)67-58(56)50-38-40-52(60)66-50)46-31-35-48(36-32-46)64(43-27-23-19-15-11-7-3)44-28-24-20-16-12-8-4/h29-40H,5-28,41-44H2,1-4H3. The van der Waals surface area contributed by atoms with Crippen molar-refractivity contribution >= 4 is 88.3 Å². The molecule has 9 heteroatoms. The van der Waals surface area contributed by atoms with Crippen LogP contribution >= 0.6 is 65.9 Å². The molecule has 0 atom stereocenters. The maximum atomic E-state index is 5.71. The van der Waals surface area contributed by atoms with Crippen LogP contribution in [0.15, 0.2) is 80.4 Å². The van der Waals surface area contributed by atoms with Crippen LogP contribution in [0.1, 0.15) is 182 Å². The van der Waals surface area contributed by atoms with Crippen LogP contribution in [0.3, 0.4) is 0 Å². The van der Waals surface area contributed by atoms with Gasteiger partial charge in [-0.25, -0.2) is 9.97 Å². The van der Waals surface area contributed by atoms with Crippen LogP contribution in [0, 0.1) is 0 Å². The second-order valence-corrected chi connectivity index (χ2v) is 24.7. The summed E-state index contributed by atoms with van der Waals surface area (Å²) in [5.41, 5.74) is 8.76. The van der Waals surface area contributed by atoms with Crippen LogP contribution in [0.5, 0.6) is 0 Å². The fourth-order valence-corrected chi connectivity index (χ4v) is 13.5. The topological polar surface area (TPSA) is 32.3 Å². The summed E-state index contributed by atoms with van der Waals surface area (Å²) in [6, 6.07) is 27.5. The highest BCUT2D eigenvalue weighted by molar-refractivity contribution is 9.11. The summed E-state index contributed by atoms with van der Waals surface area (Å²) in [6.45, 7) is 13.7. The number of halogens is 2. The molecular weight excluding hydrogens is 1010 g/mol. The van der Waals surface area contributed by atoms with Gasteiger partial charge < -0.3 is 9.80 Å². The molecule has 2 aromatic carbocycles. The molecule has 0 aliphatic carbocycles. The van der Waals surface area contributed by atoms with Gasteiger partial charge in [-0.15, -0.1) is 34.0 Å². The summed E-state index contributed by atoms with van der Waals surface area (Å²) in [4.78, 5) is 21.5. The lowest BCUT2D eigenvalue weighted by molar-refractivity contribution is 0.575. The Morgan fingerprint density at radius 3 is 0.940 bits per heavy atom. The van der Waals surface area contributed by atoms with Crippen LogP contribution in [0.2, 0.25) is 0 Å². The number of thiophene rings is 3. The van der Waals surface area contributed by atoms with Gasteiger partial charge in [-0.05, 0) is 106 Å². The predicted octanol–water partition coefficient (Wildman–Crippen LogP) is 21.1. The van der Waals surface area contributed by atoms with Gasteiger partial charge in [0.1, 0.15) is 11.0 Å². The molecule has 4 heterocycles. The van der Waals surface area contributed by atoms with E-state index in [1.54, 1.807) is 22.7 Å². The second-order valence-electron chi connectivity index (χ2n) is 18.7. The van der Waals surface area contributed by atoms with Gasteiger partial charge in [0, 0.05) is 58.4 Å². The Bertz CT molecular complexity index is 2090. The van der Waals surface area contributed by atoms with Crippen LogP contribution in [0.4, 0.5) is 11.4 Å². The van der Waals surface area contributed by atoms with Gasteiger partial charge in [-0.3, -0.25) is 0 Å². The van der Waals surface area contributed by atoms with E-state index in [4.69, 9.17) is 9.97 Å². The summed E-state index contributed by atoms with van der Waals surface area (Å²) in [6.07, 6.45) is 31.7. The zero-order valence-corrected chi connectivity index (χ0v) is 47.1. The highest BCUT2D eigenvalue weighted by Crippen LogP contribution is 2.49. The molecule has 4 nitrogen and oxygen atoms in total. The number of hydrogen-bond donors (Lipinski definition) is 0. The molecule has 0 unspecified atom stereocenters. The van der Waals surface area contributed by atoms with Crippen molar-refractivity contribution in [3.8, 4) is 42.0 Å². The minimum atomic E-state index is 0.954. The summed E-state index contributed by atoms with van der Waals surface area (Å²) < 4.78 is 2.25. The van der Waals surface area contributed by atoms with Gasteiger partial charge in [0.2, 0.25) is 0 Å². The van der Waals surface area contributed by atoms with E-state index >= 15 is 0 Å². The summed E-state index contributed by atoms with van der Waals surface area (Å²) in [7, 11) is 0. The van der Waals surface area contributed by atoms with E-state index in [1.807, 2.05) is 11.3 Å². The van der Waals surface area contributed by atoms with Crippen LogP contribution in [0.25, 0.3) is 53.1 Å². The Hall–Kier alpha value is -2.56. The molecular formula is C58H80Br2N4S3. The van der Waals surface area contributed by atoms with Crippen molar-refractivity contribution in [3.05, 3.63) is 80.4 Å². The summed E-state index contributed by atoms with van der Waals surface area (Å²) in [5, 5.41) is 0. The first-order chi connectivity index (χ1) is 32.9. The van der Waals surface area contributed by atoms with E-state index in [0.29, 0.717) is 0 Å². The predicted molar refractivity (Wildman–Crippen MR) is 308 cm³/mol. The average molecular weight is 1090 g/mol. The van der Waals surface area contributed by atoms with Crippen LogP contribution < -0.4 is 9.80 Å². The molecule has 6 rings (SSSR count). The van der Waals surface area contributed by atoms with E-state index in [2.05, 4.69) is 142 Å². The molecule has 0 aliphatic rings. The molecule has 0 aliphatic heterocycles. The number of aromatic nitrogens is 2. The van der Waals surface area contributed by atoms with Crippen molar-refractivity contribution in [1.29, 1.82) is 0 Å². The molecule has 0 saturated carbocycles. The maximum absolute atomic E-state index is 5.71. The van der Waals surface area contributed by atoms with E-state index in [-0.39, 0.29) is 0 Å². The monoisotopic (exact) mass is 1090 g/mol. The quantitative estimate of drug-likeness (QED) is 0.0377. The third kappa shape index (κ3) is 16.8. The van der Waals surface area contributed by atoms with Gasteiger partial charge in [0.05, 0.1) is 28.7 Å². The number of unbranched alkanes of at least 4 members (excludes halogenated alkanes) is 20. The van der Waals surface area contributed by atoms with Crippen molar-refractivity contribution < 1.29 is 0 Å². The van der Waals surface area contributed by atoms with Gasteiger partial charge in [-0.1, -0.05) is 180 Å². The van der Waals surface area contributed by atoms with Crippen molar-refractivity contribution in [2.45, 2.75) is 182 Å². The van der Waals surface area contributed by atoms with Crippen molar-refractivity contribution in [2.75, 3.05) is 36.0 Å². The van der Waals surface area contributed by atoms with E-state index in [1.165, 1.54) is 185 Å². The summed E-state index contributed by atoms with van der Waals surface area (Å²) in [5.74, 6) is 0. The third-order valence-electron chi connectivity index (χ3n) is 13.3. The van der Waals surface area contributed by atoms with Gasteiger partial charge in [-0.2, -0.15) is 0 Å². The Kier molecular flexibility index (Phi) is 24.3. The second kappa shape index (κ2) is 30.2. The minimum Gasteiger partial charge on any atom is -0.372 e. The first kappa shape index (κ1) is 53.8. The van der Waals surface area contributed by atoms with E-state index in [0.717, 1.165) is 67.3 Å². The lowest BCUT2D eigenvalue weighted by Gasteiger charge is -2.26. The lowest BCUT2D eigenvalue weighted by Crippen LogP contribution is -2.25. The highest BCUT2D eigenvalue weighted by atomic mass is 79.9. The molecule has 364 valence electrons. The molecule has 0 spiro atoms. The van der Waals surface area contributed by atoms with Crippen molar-refractivity contribution in [2.24, 2.45) is 0 Å². The number of hydrogen-bond acceptors (Lipinski definition) is 7. The molecule has 0 fully saturated rings. The van der Waals surface area contributed by atoms with Crippen molar-refractivity contribution in [1.82, 2.24) is 9.97 Å². The largest absolute Gasteiger partial charge is 0.372 e. The molecule has 0 N–H and O–H groups in total. The van der Waals surface area contributed by atoms with E-state index < -0.39 is 0 Å². The Morgan fingerprint density at radius 2 is 0.657 bits per heavy atom. The highest BCUT2D eigenvalue weighted by Gasteiger charge is 2.24. The molecule has 0 radical (unpaired) electrons. The van der Waals surface area contributed by atoms with Crippen LogP contribution in [-0.2, 0) is 0 Å². The lowest BCUT2D eigenvalue weighted by atomic mass is 10.0. The first-order valence-corrected chi connectivity index (χ1v) is 30.5. The molecule has 4 aromatic heterocycles. The number of benzene rings is 2. The molecule has 0 bridgehead atoms. The molecule has 6 aromatic rings. The normalized spacial score (nSPS) is 11.6. The fourth-order valence-electron chi connectivity index (χ4n) is 9.29. The van der Waals surface area contributed by atoms with Crippen molar-refractivity contribution in [3.63, 3.8) is 0 Å². The maximum Gasteiger partial charge on any atom is 0.110 e. The summed E-state index contributed by atoms with van der Waals surface area (Å²) >= 11 is 12.9. The molecule has 0 saturated heterocycles.